The van der Waals surface area contributed by atoms with E-state index in [0.717, 1.165) is 30.0 Å². The van der Waals surface area contributed by atoms with Crippen molar-refractivity contribution in [3.63, 3.8) is 0 Å². The standard InChI is InChI=1S/C17H16N6O/c24-17(22-10-9-13-3-1-2-4-16(13)22)11-18-14-5-7-15(8-6-14)23-12-19-20-21-23/h1-8,12,18H,9-11H2. The predicted octanol–water partition coefficient (Wildman–Crippen LogP) is 1.66. The molecule has 0 bridgehead atoms. The Hall–Kier alpha value is -3.22. The first kappa shape index (κ1) is 14.4. The van der Waals surface area contributed by atoms with Crippen molar-refractivity contribution in [1.29, 1.82) is 0 Å². The minimum atomic E-state index is 0.0736. The topological polar surface area (TPSA) is 75.9 Å². The first-order valence-corrected chi connectivity index (χ1v) is 7.77. The van der Waals surface area contributed by atoms with Crippen LogP contribution in [0, 0.1) is 0 Å². The van der Waals surface area contributed by atoms with Gasteiger partial charge in [-0.05, 0) is 52.7 Å². The lowest BCUT2D eigenvalue weighted by molar-refractivity contribution is -0.116. The molecule has 2 aromatic carbocycles. The molecule has 0 unspecified atom stereocenters. The maximum absolute atomic E-state index is 12.5. The molecule has 1 amide bonds. The number of tetrazole rings is 1. The van der Waals surface area contributed by atoms with Gasteiger partial charge in [-0.2, -0.15) is 0 Å². The predicted molar refractivity (Wildman–Crippen MR) is 90.1 cm³/mol. The van der Waals surface area contributed by atoms with E-state index in [9.17, 15) is 4.79 Å². The molecule has 120 valence electrons. The molecule has 24 heavy (non-hydrogen) atoms. The van der Waals surface area contributed by atoms with Gasteiger partial charge in [0.25, 0.3) is 0 Å². The van der Waals surface area contributed by atoms with Crippen molar-refractivity contribution in [2.75, 3.05) is 23.3 Å². The lowest BCUT2D eigenvalue weighted by Gasteiger charge is -2.18. The molecule has 7 heteroatoms. The highest BCUT2D eigenvalue weighted by molar-refractivity contribution is 5.98. The van der Waals surface area contributed by atoms with Crippen LogP contribution in [0.25, 0.3) is 5.69 Å². The number of anilines is 2. The van der Waals surface area contributed by atoms with E-state index < -0.39 is 0 Å². The Labute approximate surface area is 138 Å². The Balaban J connectivity index is 1.39. The zero-order valence-corrected chi connectivity index (χ0v) is 13.0. The number of hydrogen-bond acceptors (Lipinski definition) is 5. The highest BCUT2D eigenvalue weighted by Gasteiger charge is 2.23. The van der Waals surface area contributed by atoms with E-state index >= 15 is 0 Å². The Morgan fingerprint density at radius 2 is 1.96 bits per heavy atom. The third-order valence-corrected chi connectivity index (χ3v) is 4.11. The first-order chi connectivity index (χ1) is 11.8. The molecule has 0 aliphatic carbocycles. The monoisotopic (exact) mass is 320 g/mol. The van der Waals surface area contributed by atoms with Gasteiger partial charge in [0.15, 0.2) is 0 Å². The van der Waals surface area contributed by atoms with Gasteiger partial charge in [-0.3, -0.25) is 4.79 Å². The van der Waals surface area contributed by atoms with Gasteiger partial charge in [0.05, 0.1) is 12.2 Å². The van der Waals surface area contributed by atoms with Crippen LogP contribution in [0.5, 0.6) is 0 Å². The molecule has 0 fully saturated rings. The van der Waals surface area contributed by atoms with E-state index in [4.69, 9.17) is 0 Å². The van der Waals surface area contributed by atoms with E-state index in [-0.39, 0.29) is 12.5 Å². The average Bonchev–Trinajstić information content (AvgIpc) is 3.30. The molecular formula is C17H16N6O. The molecule has 1 N–H and O–H groups in total. The number of nitrogens with one attached hydrogen (secondary N) is 1. The zero-order valence-electron chi connectivity index (χ0n) is 13.0. The highest BCUT2D eigenvalue weighted by atomic mass is 16.2. The zero-order chi connectivity index (χ0) is 16.4. The van der Waals surface area contributed by atoms with Crippen LogP contribution >= 0.6 is 0 Å². The van der Waals surface area contributed by atoms with Crippen LogP contribution < -0.4 is 10.2 Å². The third-order valence-electron chi connectivity index (χ3n) is 4.11. The summed E-state index contributed by atoms with van der Waals surface area (Å²) in [5.41, 5.74) is 4.01. The largest absolute Gasteiger partial charge is 0.376 e. The summed E-state index contributed by atoms with van der Waals surface area (Å²) in [6.45, 7) is 1.01. The molecule has 1 aromatic heterocycles. The van der Waals surface area contributed by atoms with Gasteiger partial charge < -0.3 is 10.2 Å². The van der Waals surface area contributed by atoms with Crippen molar-refractivity contribution < 1.29 is 4.79 Å². The average molecular weight is 320 g/mol. The second-order valence-electron chi connectivity index (χ2n) is 5.58. The van der Waals surface area contributed by atoms with E-state index in [1.54, 1.807) is 4.68 Å². The van der Waals surface area contributed by atoms with Crippen molar-refractivity contribution in [3.8, 4) is 5.69 Å². The molecule has 3 aromatic rings. The van der Waals surface area contributed by atoms with Crippen LogP contribution in [-0.2, 0) is 11.2 Å². The Bertz CT molecular complexity index is 844. The highest BCUT2D eigenvalue weighted by Crippen LogP contribution is 2.27. The number of amides is 1. The van der Waals surface area contributed by atoms with Gasteiger partial charge >= 0.3 is 0 Å². The molecule has 2 heterocycles. The van der Waals surface area contributed by atoms with Crippen molar-refractivity contribution >= 4 is 17.3 Å². The molecular weight excluding hydrogens is 304 g/mol. The van der Waals surface area contributed by atoms with Gasteiger partial charge in [-0.15, -0.1) is 5.10 Å². The van der Waals surface area contributed by atoms with E-state index in [2.05, 4.69) is 26.9 Å². The fraction of sp³-hybridized carbons (Fsp3) is 0.176. The van der Waals surface area contributed by atoms with Crippen LogP contribution in [-0.4, -0.2) is 39.2 Å². The van der Waals surface area contributed by atoms with E-state index in [0.29, 0.717) is 0 Å². The summed E-state index contributed by atoms with van der Waals surface area (Å²) in [4.78, 5) is 14.3. The van der Waals surface area contributed by atoms with Gasteiger partial charge in [0, 0.05) is 17.9 Å². The molecule has 1 aliphatic heterocycles. The summed E-state index contributed by atoms with van der Waals surface area (Å²) < 4.78 is 1.58. The number of para-hydroxylation sites is 1. The SMILES string of the molecule is O=C(CNc1ccc(-n2cnnn2)cc1)N1CCc2ccccc21. The molecule has 0 atom stereocenters. The van der Waals surface area contributed by atoms with Gasteiger partial charge in [-0.25, -0.2) is 4.68 Å². The molecule has 0 saturated heterocycles. The maximum atomic E-state index is 12.5. The van der Waals surface area contributed by atoms with Crippen LogP contribution in [0.1, 0.15) is 5.56 Å². The van der Waals surface area contributed by atoms with E-state index in [1.807, 2.05) is 47.4 Å². The number of fused-ring (bicyclic) bond motifs is 1. The van der Waals surface area contributed by atoms with Crippen molar-refractivity contribution in [3.05, 3.63) is 60.4 Å². The fourth-order valence-corrected chi connectivity index (χ4v) is 2.88. The second kappa shape index (κ2) is 6.11. The van der Waals surface area contributed by atoms with Gasteiger partial charge in [0.2, 0.25) is 5.91 Å². The second-order valence-corrected chi connectivity index (χ2v) is 5.58. The molecule has 0 spiro atoms. The Kier molecular flexibility index (Phi) is 3.66. The van der Waals surface area contributed by atoms with Crippen molar-refractivity contribution in [1.82, 2.24) is 20.2 Å². The molecule has 1 aliphatic rings. The summed E-state index contributed by atoms with van der Waals surface area (Å²) in [6, 6.07) is 15.7. The number of benzene rings is 2. The van der Waals surface area contributed by atoms with Crippen LogP contribution in [0.3, 0.4) is 0 Å². The lowest BCUT2D eigenvalue weighted by atomic mass is 10.2. The summed E-state index contributed by atoms with van der Waals surface area (Å²) in [6.07, 6.45) is 2.46. The first-order valence-electron chi connectivity index (χ1n) is 7.77. The Morgan fingerprint density at radius 1 is 1.12 bits per heavy atom. The molecule has 0 saturated carbocycles. The fourth-order valence-electron chi connectivity index (χ4n) is 2.88. The maximum Gasteiger partial charge on any atom is 0.246 e. The number of hydrogen-bond donors (Lipinski definition) is 1. The lowest BCUT2D eigenvalue weighted by Crippen LogP contribution is -2.34. The number of carbonyl (C=O) groups excluding carboxylic acids is 1. The number of rotatable bonds is 4. The smallest absolute Gasteiger partial charge is 0.246 e. The summed E-state index contributed by atoms with van der Waals surface area (Å²) in [7, 11) is 0. The normalized spacial score (nSPS) is 12.9. The number of nitrogens with zero attached hydrogens (tertiary/aromatic N) is 5. The van der Waals surface area contributed by atoms with Gasteiger partial charge in [-0.1, -0.05) is 18.2 Å². The molecule has 7 nitrogen and oxygen atoms in total. The van der Waals surface area contributed by atoms with Crippen LogP contribution in [0.15, 0.2) is 54.9 Å². The number of carbonyl (C=O) groups is 1. The Morgan fingerprint density at radius 3 is 2.75 bits per heavy atom. The summed E-state index contributed by atoms with van der Waals surface area (Å²) >= 11 is 0. The quantitative estimate of drug-likeness (QED) is 0.791. The number of aromatic nitrogens is 4. The van der Waals surface area contributed by atoms with Crippen LogP contribution in [0.2, 0.25) is 0 Å². The molecule has 4 rings (SSSR count). The summed E-state index contributed by atoms with van der Waals surface area (Å²) in [5, 5.41) is 14.2. The minimum absolute atomic E-state index is 0.0736. The van der Waals surface area contributed by atoms with Crippen molar-refractivity contribution in [2.24, 2.45) is 0 Å². The molecule has 0 radical (unpaired) electrons. The minimum Gasteiger partial charge on any atom is -0.376 e. The van der Waals surface area contributed by atoms with Gasteiger partial charge in [0.1, 0.15) is 6.33 Å². The van der Waals surface area contributed by atoms with Crippen molar-refractivity contribution in [2.45, 2.75) is 6.42 Å². The van der Waals surface area contributed by atoms with E-state index in [1.165, 1.54) is 11.9 Å². The van der Waals surface area contributed by atoms with Crippen LogP contribution in [0.4, 0.5) is 11.4 Å². The third kappa shape index (κ3) is 2.71. The summed E-state index contributed by atoms with van der Waals surface area (Å²) in [5.74, 6) is 0.0736.